The van der Waals surface area contributed by atoms with Crippen molar-refractivity contribution in [3.63, 3.8) is 0 Å². The van der Waals surface area contributed by atoms with E-state index in [0.29, 0.717) is 5.69 Å². The molecule has 6 nitrogen and oxygen atoms in total. The largest absolute Gasteiger partial charge is 0.505 e. The van der Waals surface area contributed by atoms with E-state index in [-0.39, 0.29) is 17.0 Å². The highest BCUT2D eigenvalue weighted by Gasteiger charge is 2.26. The number of rotatable bonds is 2. The molecule has 0 amide bonds. The molecule has 0 spiro atoms. The van der Waals surface area contributed by atoms with Crippen molar-refractivity contribution >= 4 is 11.9 Å². The zero-order valence-electron chi connectivity index (χ0n) is 8.58. The molecule has 0 bridgehead atoms. The second kappa shape index (κ2) is 4.04. The Labute approximate surface area is 85.8 Å². The predicted molar refractivity (Wildman–Crippen MR) is 49.9 cm³/mol. The van der Waals surface area contributed by atoms with Crippen molar-refractivity contribution in [3.05, 3.63) is 17.0 Å². The van der Waals surface area contributed by atoms with E-state index in [9.17, 15) is 14.7 Å². The van der Waals surface area contributed by atoms with Crippen LogP contribution in [0.25, 0.3) is 0 Å². The molecule has 0 aromatic carbocycles. The normalized spacial score (nSPS) is 9.80. The van der Waals surface area contributed by atoms with Crippen LogP contribution in [0.3, 0.4) is 0 Å². The fourth-order valence-corrected chi connectivity index (χ4v) is 1.17. The SMILES string of the molecule is COC(=O)c1[nH]c(C)c(O)c1C(=O)OC. The van der Waals surface area contributed by atoms with Crippen LogP contribution in [0, 0.1) is 6.92 Å². The van der Waals surface area contributed by atoms with Crippen molar-refractivity contribution < 1.29 is 24.2 Å². The zero-order chi connectivity index (χ0) is 11.6. The minimum absolute atomic E-state index is 0.112. The van der Waals surface area contributed by atoms with Crippen molar-refractivity contribution in [2.45, 2.75) is 6.92 Å². The van der Waals surface area contributed by atoms with Crippen LogP contribution in [-0.4, -0.2) is 36.2 Å². The van der Waals surface area contributed by atoms with Crippen molar-refractivity contribution in [2.24, 2.45) is 0 Å². The average molecular weight is 213 g/mol. The molecule has 0 aliphatic carbocycles. The van der Waals surface area contributed by atoms with Crippen molar-refractivity contribution in [1.82, 2.24) is 4.98 Å². The maximum absolute atomic E-state index is 11.3. The third-order valence-corrected chi connectivity index (χ3v) is 1.93. The van der Waals surface area contributed by atoms with Gasteiger partial charge in [0.15, 0.2) is 5.75 Å². The number of aryl methyl sites for hydroxylation is 1. The molecule has 0 saturated heterocycles. The fourth-order valence-electron chi connectivity index (χ4n) is 1.17. The second-order valence-electron chi connectivity index (χ2n) is 2.83. The Morgan fingerprint density at radius 1 is 1.20 bits per heavy atom. The molecular weight excluding hydrogens is 202 g/mol. The molecule has 6 heteroatoms. The number of hydrogen-bond donors (Lipinski definition) is 2. The number of methoxy groups -OCH3 is 2. The molecule has 1 aromatic rings. The van der Waals surface area contributed by atoms with Crippen molar-refractivity contribution in [1.29, 1.82) is 0 Å². The second-order valence-corrected chi connectivity index (χ2v) is 2.83. The molecule has 15 heavy (non-hydrogen) atoms. The molecule has 0 atom stereocenters. The van der Waals surface area contributed by atoms with Crippen LogP contribution in [0.15, 0.2) is 0 Å². The maximum atomic E-state index is 11.3. The van der Waals surface area contributed by atoms with Gasteiger partial charge in [0.05, 0.1) is 19.9 Å². The number of aromatic amines is 1. The van der Waals surface area contributed by atoms with Gasteiger partial charge >= 0.3 is 11.9 Å². The highest BCUT2D eigenvalue weighted by molar-refractivity contribution is 6.04. The molecule has 0 aliphatic rings. The van der Waals surface area contributed by atoms with Gasteiger partial charge in [0.25, 0.3) is 0 Å². The van der Waals surface area contributed by atoms with Gasteiger partial charge in [-0.1, -0.05) is 0 Å². The van der Waals surface area contributed by atoms with Gasteiger partial charge in [-0.15, -0.1) is 0 Å². The molecule has 0 saturated carbocycles. The van der Waals surface area contributed by atoms with E-state index < -0.39 is 11.9 Å². The standard InChI is InChI=1S/C9H11NO5/c1-4-7(11)5(8(12)14-2)6(10-4)9(13)15-3/h10-11H,1-3H3. The molecule has 0 radical (unpaired) electrons. The first-order valence-corrected chi connectivity index (χ1v) is 4.11. The van der Waals surface area contributed by atoms with Gasteiger partial charge in [-0.2, -0.15) is 0 Å². The van der Waals surface area contributed by atoms with Gasteiger partial charge in [-0.05, 0) is 6.92 Å². The number of ether oxygens (including phenoxy) is 2. The summed E-state index contributed by atoms with van der Waals surface area (Å²) in [4.78, 5) is 25.1. The third kappa shape index (κ3) is 1.78. The molecule has 82 valence electrons. The van der Waals surface area contributed by atoms with E-state index in [4.69, 9.17) is 0 Å². The van der Waals surface area contributed by atoms with E-state index >= 15 is 0 Å². The first-order valence-electron chi connectivity index (χ1n) is 4.11. The molecule has 2 N–H and O–H groups in total. The molecule has 1 heterocycles. The lowest BCUT2D eigenvalue weighted by Gasteiger charge is -2.00. The number of nitrogens with one attached hydrogen (secondary N) is 1. The molecule has 1 aromatic heterocycles. The summed E-state index contributed by atoms with van der Waals surface area (Å²) in [5.41, 5.74) is -0.0167. The number of aromatic nitrogens is 1. The maximum Gasteiger partial charge on any atom is 0.355 e. The monoisotopic (exact) mass is 213 g/mol. The Hall–Kier alpha value is -1.98. The lowest BCUT2D eigenvalue weighted by Crippen LogP contribution is -2.10. The lowest BCUT2D eigenvalue weighted by atomic mass is 10.2. The zero-order valence-corrected chi connectivity index (χ0v) is 8.58. The van der Waals surface area contributed by atoms with Crippen LogP contribution in [0.5, 0.6) is 5.75 Å². The smallest absolute Gasteiger partial charge is 0.355 e. The average Bonchev–Trinajstić information content (AvgIpc) is 2.53. The van der Waals surface area contributed by atoms with Crippen molar-refractivity contribution in [3.8, 4) is 5.75 Å². The summed E-state index contributed by atoms with van der Waals surface area (Å²) >= 11 is 0. The Morgan fingerprint density at radius 3 is 2.20 bits per heavy atom. The minimum atomic E-state index is -0.794. The number of aromatic hydroxyl groups is 1. The van der Waals surface area contributed by atoms with E-state index in [1.54, 1.807) is 0 Å². The molecule has 0 aliphatic heterocycles. The molecular formula is C9H11NO5. The van der Waals surface area contributed by atoms with Gasteiger partial charge < -0.3 is 19.6 Å². The lowest BCUT2D eigenvalue weighted by molar-refractivity contribution is 0.0550. The number of hydrogen-bond acceptors (Lipinski definition) is 5. The first kappa shape index (κ1) is 11.1. The van der Waals surface area contributed by atoms with Gasteiger partial charge in [0.2, 0.25) is 0 Å². The fraction of sp³-hybridized carbons (Fsp3) is 0.333. The molecule has 0 fully saturated rings. The first-order chi connectivity index (χ1) is 7.02. The van der Waals surface area contributed by atoms with E-state index in [1.165, 1.54) is 14.0 Å². The summed E-state index contributed by atoms with van der Waals surface area (Å²) in [5.74, 6) is -1.83. The van der Waals surface area contributed by atoms with Crippen LogP contribution in [0.2, 0.25) is 0 Å². The summed E-state index contributed by atoms with van der Waals surface area (Å²) in [7, 11) is 2.34. The predicted octanol–water partition coefficient (Wildman–Crippen LogP) is 0.602. The molecule has 1 rings (SSSR count). The summed E-state index contributed by atoms with van der Waals surface area (Å²) in [6.07, 6.45) is 0. The third-order valence-electron chi connectivity index (χ3n) is 1.93. The summed E-state index contributed by atoms with van der Waals surface area (Å²) in [6, 6.07) is 0. The van der Waals surface area contributed by atoms with Crippen LogP contribution < -0.4 is 0 Å². The summed E-state index contributed by atoms with van der Waals surface area (Å²) in [5, 5.41) is 9.52. The Morgan fingerprint density at radius 2 is 1.73 bits per heavy atom. The summed E-state index contributed by atoms with van der Waals surface area (Å²) in [6.45, 7) is 1.52. The molecule has 0 unspecified atom stereocenters. The highest BCUT2D eigenvalue weighted by Crippen LogP contribution is 2.26. The Bertz CT molecular complexity index is 407. The van der Waals surface area contributed by atoms with Crippen LogP contribution in [0.4, 0.5) is 0 Å². The Balaban J connectivity index is 3.33. The topological polar surface area (TPSA) is 88.6 Å². The number of carbonyl (C=O) groups excluding carboxylic acids is 2. The quantitative estimate of drug-likeness (QED) is 0.702. The van der Waals surface area contributed by atoms with Gasteiger partial charge in [-0.3, -0.25) is 0 Å². The van der Waals surface area contributed by atoms with Gasteiger partial charge in [0, 0.05) is 0 Å². The van der Waals surface area contributed by atoms with E-state index in [1.807, 2.05) is 0 Å². The number of carbonyl (C=O) groups is 2. The van der Waals surface area contributed by atoms with Gasteiger partial charge in [0.1, 0.15) is 11.3 Å². The van der Waals surface area contributed by atoms with Crippen molar-refractivity contribution in [2.75, 3.05) is 14.2 Å². The van der Waals surface area contributed by atoms with E-state index in [2.05, 4.69) is 14.5 Å². The Kier molecular flexibility index (Phi) is 2.99. The van der Waals surface area contributed by atoms with E-state index in [0.717, 1.165) is 7.11 Å². The van der Waals surface area contributed by atoms with Crippen LogP contribution in [0.1, 0.15) is 26.5 Å². The number of esters is 2. The minimum Gasteiger partial charge on any atom is -0.505 e. The van der Waals surface area contributed by atoms with Crippen LogP contribution >= 0.6 is 0 Å². The number of H-pyrrole nitrogens is 1. The highest BCUT2D eigenvalue weighted by atomic mass is 16.5. The van der Waals surface area contributed by atoms with Crippen LogP contribution in [-0.2, 0) is 9.47 Å². The summed E-state index contributed by atoms with van der Waals surface area (Å²) < 4.78 is 8.89. The van der Waals surface area contributed by atoms with Gasteiger partial charge in [-0.25, -0.2) is 9.59 Å².